The number of carbonyl (C=O) groups excluding carboxylic acids is 1. The van der Waals surface area contributed by atoms with E-state index in [0.717, 1.165) is 11.4 Å². The molecule has 1 aliphatic heterocycles. The number of thioether (sulfide) groups is 1. The van der Waals surface area contributed by atoms with Gasteiger partial charge in [-0.1, -0.05) is 17.7 Å². The quantitative estimate of drug-likeness (QED) is 0.837. The third kappa shape index (κ3) is 3.99. The van der Waals surface area contributed by atoms with Gasteiger partial charge in [0.1, 0.15) is 0 Å². The molecular weight excluding hydrogens is 310 g/mol. The summed E-state index contributed by atoms with van der Waals surface area (Å²) in [5.41, 5.74) is 3.24. The molecule has 2 aromatic rings. The Labute approximate surface area is 140 Å². The van der Waals surface area contributed by atoms with Crippen molar-refractivity contribution >= 4 is 23.4 Å². The average Bonchev–Trinajstić information content (AvgIpc) is 2.97. The van der Waals surface area contributed by atoms with Crippen molar-refractivity contribution in [2.45, 2.75) is 25.2 Å². The van der Waals surface area contributed by atoms with Crippen LogP contribution >= 0.6 is 11.8 Å². The standard InChI is InChI=1S/C18H19NO3S/c1-12-3-6-17(13(2)9-12)23-8-7-18(20)19-14-4-5-15-16(10-14)22-11-21-15/h3-6,9-10H,7-8,11H2,1-2H3,(H,19,20). The number of anilines is 1. The summed E-state index contributed by atoms with van der Waals surface area (Å²) in [6.07, 6.45) is 0.465. The maximum Gasteiger partial charge on any atom is 0.231 e. The van der Waals surface area contributed by atoms with Gasteiger partial charge < -0.3 is 14.8 Å². The van der Waals surface area contributed by atoms with Crippen molar-refractivity contribution < 1.29 is 14.3 Å². The molecule has 2 aromatic carbocycles. The second-order valence-electron chi connectivity index (χ2n) is 5.48. The van der Waals surface area contributed by atoms with Crippen LogP contribution in [0.1, 0.15) is 17.5 Å². The molecule has 4 nitrogen and oxygen atoms in total. The van der Waals surface area contributed by atoms with Gasteiger partial charge in [0.05, 0.1) is 0 Å². The first-order valence-corrected chi connectivity index (χ1v) is 8.50. The third-order valence-corrected chi connectivity index (χ3v) is 4.75. The zero-order chi connectivity index (χ0) is 16.2. The highest BCUT2D eigenvalue weighted by molar-refractivity contribution is 7.99. The molecule has 0 aliphatic carbocycles. The molecule has 0 unspecified atom stereocenters. The summed E-state index contributed by atoms with van der Waals surface area (Å²) >= 11 is 1.71. The molecule has 1 heterocycles. The number of hydrogen-bond donors (Lipinski definition) is 1. The van der Waals surface area contributed by atoms with Crippen molar-refractivity contribution in [2.24, 2.45) is 0 Å². The normalized spacial score (nSPS) is 12.3. The number of ether oxygens (including phenoxy) is 2. The lowest BCUT2D eigenvalue weighted by atomic mass is 10.2. The molecule has 0 radical (unpaired) electrons. The van der Waals surface area contributed by atoms with E-state index < -0.39 is 0 Å². The summed E-state index contributed by atoms with van der Waals surface area (Å²) in [5.74, 6) is 2.14. The molecule has 0 bridgehead atoms. The van der Waals surface area contributed by atoms with E-state index in [2.05, 4.69) is 37.4 Å². The van der Waals surface area contributed by atoms with Crippen molar-refractivity contribution in [1.82, 2.24) is 0 Å². The first-order chi connectivity index (χ1) is 11.1. The summed E-state index contributed by atoms with van der Waals surface area (Å²) in [6.45, 7) is 4.42. The number of rotatable bonds is 5. The number of aryl methyl sites for hydroxylation is 2. The minimum absolute atomic E-state index is 0.00105. The molecule has 0 spiro atoms. The maximum absolute atomic E-state index is 12.0. The highest BCUT2D eigenvalue weighted by Gasteiger charge is 2.14. The minimum Gasteiger partial charge on any atom is -0.454 e. The number of amides is 1. The highest BCUT2D eigenvalue weighted by Crippen LogP contribution is 2.34. The average molecular weight is 329 g/mol. The first kappa shape index (κ1) is 15.7. The van der Waals surface area contributed by atoms with Crippen LogP contribution in [0.25, 0.3) is 0 Å². The van der Waals surface area contributed by atoms with E-state index in [4.69, 9.17) is 9.47 Å². The van der Waals surface area contributed by atoms with E-state index in [1.165, 1.54) is 16.0 Å². The SMILES string of the molecule is Cc1ccc(SCCC(=O)Nc2ccc3c(c2)OCO3)c(C)c1. The minimum atomic E-state index is 0.00105. The molecule has 23 heavy (non-hydrogen) atoms. The van der Waals surface area contributed by atoms with Crippen LogP contribution in [0.4, 0.5) is 5.69 Å². The summed E-state index contributed by atoms with van der Waals surface area (Å²) in [4.78, 5) is 13.3. The summed E-state index contributed by atoms with van der Waals surface area (Å²) in [5, 5.41) is 2.89. The predicted molar refractivity (Wildman–Crippen MR) is 92.5 cm³/mol. The van der Waals surface area contributed by atoms with Crippen LogP contribution in [-0.2, 0) is 4.79 Å². The zero-order valence-electron chi connectivity index (χ0n) is 13.2. The molecule has 0 atom stereocenters. The Morgan fingerprint density at radius 2 is 1.96 bits per heavy atom. The molecule has 0 saturated carbocycles. The van der Waals surface area contributed by atoms with Gasteiger partial charge in [-0.3, -0.25) is 4.79 Å². The predicted octanol–water partition coefficient (Wildman–Crippen LogP) is 4.15. The van der Waals surface area contributed by atoms with Crippen LogP contribution in [-0.4, -0.2) is 18.5 Å². The Bertz CT molecular complexity index is 730. The monoisotopic (exact) mass is 329 g/mol. The molecule has 1 aliphatic rings. The molecule has 0 saturated heterocycles. The lowest BCUT2D eigenvalue weighted by molar-refractivity contribution is -0.115. The van der Waals surface area contributed by atoms with Crippen LogP contribution in [0, 0.1) is 13.8 Å². The van der Waals surface area contributed by atoms with Gasteiger partial charge in [-0.2, -0.15) is 0 Å². The molecule has 1 amide bonds. The van der Waals surface area contributed by atoms with Crippen LogP contribution in [0.3, 0.4) is 0 Å². The summed E-state index contributed by atoms with van der Waals surface area (Å²) < 4.78 is 10.6. The largest absolute Gasteiger partial charge is 0.454 e. The Morgan fingerprint density at radius 3 is 2.78 bits per heavy atom. The highest BCUT2D eigenvalue weighted by atomic mass is 32.2. The van der Waals surface area contributed by atoms with Gasteiger partial charge in [0.25, 0.3) is 0 Å². The van der Waals surface area contributed by atoms with Gasteiger partial charge in [0, 0.05) is 28.8 Å². The maximum atomic E-state index is 12.0. The smallest absolute Gasteiger partial charge is 0.231 e. The van der Waals surface area contributed by atoms with Crippen molar-refractivity contribution in [3.63, 3.8) is 0 Å². The zero-order valence-corrected chi connectivity index (χ0v) is 14.0. The molecule has 120 valence electrons. The molecule has 1 N–H and O–H groups in total. The lowest BCUT2D eigenvalue weighted by Gasteiger charge is -2.08. The van der Waals surface area contributed by atoms with E-state index in [1.807, 2.05) is 12.1 Å². The Hall–Kier alpha value is -2.14. The summed E-state index contributed by atoms with van der Waals surface area (Å²) in [7, 11) is 0. The van der Waals surface area contributed by atoms with Gasteiger partial charge in [-0.15, -0.1) is 11.8 Å². The number of hydrogen-bond acceptors (Lipinski definition) is 4. The van der Waals surface area contributed by atoms with Crippen molar-refractivity contribution in [2.75, 3.05) is 17.9 Å². The fourth-order valence-corrected chi connectivity index (χ4v) is 3.37. The molecule has 0 fully saturated rings. The summed E-state index contributed by atoms with van der Waals surface area (Å²) in [6, 6.07) is 11.8. The first-order valence-electron chi connectivity index (χ1n) is 7.51. The fourth-order valence-electron chi connectivity index (χ4n) is 2.41. The van der Waals surface area contributed by atoms with E-state index in [0.29, 0.717) is 17.9 Å². The van der Waals surface area contributed by atoms with Crippen molar-refractivity contribution in [3.8, 4) is 11.5 Å². The Balaban J connectivity index is 1.50. The molecular formula is C18H19NO3S. The number of carbonyl (C=O) groups is 1. The second-order valence-corrected chi connectivity index (χ2v) is 6.62. The van der Waals surface area contributed by atoms with Crippen LogP contribution in [0.2, 0.25) is 0 Å². The van der Waals surface area contributed by atoms with E-state index in [1.54, 1.807) is 17.8 Å². The Kier molecular flexibility index (Phi) is 4.76. The van der Waals surface area contributed by atoms with E-state index >= 15 is 0 Å². The molecule has 0 aromatic heterocycles. The number of benzene rings is 2. The van der Waals surface area contributed by atoms with Gasteiger partial charge in [0.15, 0.2) is 11.5 Å². The topological polar surface area (TPSA) is 47.6 Å². The van der Waals surface area contributed by atoms with Crippen LogP contribution in [0.15, 0.2) is 41.3 Å². The van der Waals surface area contributed by atoms with Crippen molar-refractivity contribution in [1.29, 1.82) is 0 Å². The molecule has 5 heteroatoms. The van der Waals surface area contributed by atoms with E-state index in [9.17, 15) is 4.79 Å². The van der Waals surface area contributed by atoms with Crippen molar-refractivity contribution in [3.05, 3.63) is 47.5 Å². The Morgan fingerprint density at radius 1 is 1.13 bits per heavy atom. The van der Waals surface area contributed by atoms with Gasteiger partial charge in [-0.25, -0.2) is 0 Å². The van der Waals surface area contributed by atoms with Gasteiger partial charge in [-0.05, 0) is 37.6 Å². The third-order valence-electron chi connectivity index (χ3n) is 3.57. The van der Waals surface area contributed by atoms with Gasteiger partial charge >= 0.3 is 0 Å². The van der Waals surface area contributed by atoms with Crippen LogP contribution < -0.4 is 14.8 Å². The second kappa shape index (κ2) is 6.96. The number of nitrogens with one attached hydrogen (secondary N) is 1. The van der Waals surface area contributed by atoms with Crippen LogP contribution in [0.5, 0.6) is 11.5 Å². The van der Waals surface area contributed by atoms with Gasteiger partial charge in [0.2, 0.25) is 12.7 Å². The van der Waals surface area contributed by atoms with E-state index in [-0.39, 0.29) is 12.7 Å². The number of fused-ring (bicyclic) bond motifs is 1. The lowest BCUT2D eigenvalue weighted by Crippen LogP contribution is -2.12. The molecule has 3 rings (SSSR count). The fraction of sp³-hybridized carbons (Fsp3) is 0.278.